The van der Waals surface area contributed by atoms with Gasteiger partial charge in [0.2, 0.25) is 0 Å². The van der Waals surface area contributed by atoms with Crippen molar-refractivity contribution in [3.8, 4) is 22.3 Å². The molecule has 10 heteroatoms. The zero-order chi connectivity index (χ0) is 34.1. The van der Waals surface area contributed by atoms with E-state index in [1.165, 1.54) is 10.4 Å². The fourth-order valence-corrected chi connectivity index (χ4v) is 12.4. The van der Waals surface area contributed by atoms with E-state index in [0.717, 1.165) is 85.0 Å². The molecule has 2 aromatic carbocycles. The molecule has 48 heavy (non-hydrogen) atoms. The Balaban J connectivity index is 1.53. The van der Waals surface area contributed by atoms with E-state index in [9.17, 15) is 0 Å². The van der Waals surface area contributed by atoms with Gasteiger partial charge in [-0.15, -0.1) is 0 Å². The Morgan fingerprint density at radius 2 is 0.812 bits per heavy atom. The molecule has 0 amide bonds. The molecule has 5 aromatic rings. The van der Waals surface area contributed by atoms with Crippen molar-refractivity contribution < 1.29 is 0 Å². The molecule has 0 unspecified atom stereocenters. The zero-order valence-electron chi connectivity index (χ0n) is 27.5. The number of nitrogens with zero attached hydrogens (tertiary/aromatic N) is 2. The van der Waals surface area contributed by atoms with Crippen molar-refractivity contribution in [1.82, 2.24) is 19.9 Å². The van der Waals surface area contributed by atoms with Crippen molar-refractivity contribution in [2.24, 2.45) is 0 Å². The summed E-state index contributed by atoms with van der Waals surface area (Å²) >= 11 is 15.8. The molecule has 0 saturated carbocycles. The van der Waals surface area contributed by atoms with E-state index in [1.807, 2.05) is 0 Å². The van der Waals surface area contributed by atoms with Crippen molar-refractivity contribution in [2.45, 2.75) is 39.3 Å². The highest BCUT2D eigenvalue weighted by molar-refractivity contribution is 9.11. The Hall–Kier alpha value is -2.61. The SMILES string of the molecule is C[Si](C)(C)c1cc(Br)c(-c2c3nc(cc4ccc([nH]4)c(-c4c(Br)cc([Si](C)(C)C)cc4Br)c4nc(cc5ccc2[nH]5)C=C4)C=C3)c(Br)c1. The minimum Gasteiger partial charge on any atom is -0.355 e. The van der Waals surface area contributed by atoms with Gasteiger partial charge in [-0.3, -0.25) is 0 Å². The van der Waals surface area contributed by atoms with Gasteiger partial charge in [-0.25, -0.2) is 9.97 Å². The van der Waals surface area contributed by atoms with E-state index >= 15 is 0 Å². The first-order valence-corrected chi connectivity index (χ1v) is 25.9. The summed E-state index contributed by atoms with van der Waals surface area (Å²) in [6.45, 7) is 14.2. The van der Waals surface area contributed by atoms with Gasteiger partial charge in [0, 0.05) is 62.2 Å². The highest BCUT2D eigenvalue weighted by Crippen LogP contribution is 2.41. The second kappa shape index (κ2) is 12.6. The van der Waals surface area contributed by atoms with Crippen LogP contribution in [0.15, 0.2) is 78.6 Å². The summed E-state index contributed by atoms with van der Waals surface area (Å²) in [5, 5.41) is 2.76. The second-order valence-corrected chi connectivity index (χ2v) is 27.9. The number of halogens is 4. The van der Waals surface area contributed by atoms with Crippen LogP contribution in [0.4, 0.5) is 0 Å². The topological polar surface area (TPSA) is 57.4 Å². The number of H-pyrrole nitrogens is 2. The van der Waals surface area contributed by atoms with Crippen LogP contribution in [0.1, 0.15) is 22.8 Å². The van der Waals surface area contributed by atoms with E-state index in [1.54, 1.807) is 0 Å². The summed E-state index contributed by atoms with van der Waals surface area (Å²) in [5.74, 6) is 0. The monoisotopic (exact) mass is 918 g/mol. The molecule has 4 nitrogen and oxygen atoms in total. The van der Waals surface area contributed by atoms with Crippen LogP contribution in [0.25, 0.3) is 68.6 Å². The van der Waals surface area contributed by atoms with E-state index in [-0.39, 0.29) is 0 Å². The quantitative estimate of drug-likeness (QED) is 0.173. The fourth-order valence-electron chi connectivity index (χ4n) is 6.09. The first-order valence-electron chi connectivity index (χ1n) is 15.8. The van der Waals surface area contributed by atoms with Crippen molar-refractivity contribution in [2.75, 3.05) is 0 Å². The number of hydrogen-bond donors (Lipinski definition) is 2. The number of nitrogens with one attached hydrogen (secondary N) is 2. The first-order chi connectivity index (χ1) is 22.7. The van der Waals surface area contributed by atoms with Crippen LogP contribution in [0.3, 0.4) is 0 Å². The summed E-state index contributed by atoms with van der Waals surface area (Å²) in [7, 11) is -3.08. The molecule has 0 aliphatic carbocycles. The summed E-state index contributed by atoms with van der Waals surface area (Å²) in [6.07, 6.45) is 8.38. The van der Waals surface area contributed by atoms with Gasteiger partial charge in [0.15, 0.2) is 0 Å². The maximum absolute atomic E-state index is 5.16. The number of aromatic nitrogens is 4. The van der Waals surface area contributed by atoms with Crippen molar-refractivity contribution in [1.29, 1.82) is 0 Å². The molecule has 2 aliphatic heterocycles. The second-order valence-electron chi connectivity index (χ2n) is 14.3. The molecular formula is C38H34Br4N4Si2. The maximum atomic E-state index is 5.16. The minimum absolute atomic E-state index is 0.879. The molecule has 8 bridgehead atoms. The average molecular weight is 923 g/mol. The highest BCUT2D eigenvalue weighted by Gasteiger charge is 2.24. The molecule has 0 atom stereocenters. The molecule has 3 aromatic heterocycles. The molecule has 2 N–H and O–H groups in total. The molecule has 5 heterocycles. The third kappa shape index (κ3) is 6.52. The predicted octanol–water partition coefficient (Wildman–Crippen LogP) is 12.1. The Bertz CT molecular complexity index is 2160. The molecule has 0 spiro atoms. The first kappa shape index (κ1) is 33.9. The van der Waals surface area contributed by atoms with Crippen molar-refractivity contribution in [3.63, 3.8) is 0 Å². The normalized spacial score (nSPS) is 13.0. The number of fused-ring (bicyclic) bond motifs is 8. The Kier molecular flexibility index (Phi) is 8.90. The average Bonchev–Trinajstić information content (AvgIpc) is 3.81. The van der Waals surface area contributed by atoms with Crippen LogP contribution < -0.4 is 10.4 Å². The number of hydrogen-bond acceptors (Lipinski definition) is 2. The van der Waals surface area contributed by atoms with Crippen molar-refractivity contribution in [3.05, 3.63) is 101 Å². The van der Waals surface area contributed by atoms with Gasteiger partial charge in [-0.1, -0.05) is 113 Å². The fraction of sp³-hybridized carbons (Fsp3) is 0.158. The number of rotatable bonds is 4. The smallest absolute Gasteiger partial charge is 0.0776 e. The lowest BCUT2D eigenvalue weighted by atomic mass is 10.0. The molecular weight excluding hydrogens is 888 g/mol. The lowest BCUT2D eigenvalue weighted by Crippen LogP contribution is -2.37. The van der Waals surface area contributed by atoms with E-state index < -0.39 is 16.1 Å². The van der Waals surface area contributed by atoms with E-state index in [0.29, 0.717) is 0 Å². The summed E-state index contributed by atoms with van der Waals surface area (Å²) in [5.41, 5.74) is 11.6. The van der Waals surface area contributed by atoms with Gasteiger partial charge in [-0.2, -0.15) is 0 Å². The predicted molar refractivity (Wildman–Crippen MR) is 226 cm³/mol. The van der Waals surface area contributed by atoms with Crippen LogP contribution in [0.5, 0.6) is 0 Å². The van der Waals surface area contributed by atoms with Crippen LogP contribution in [-0.2, 0) is 0 Å². The van der Waals surface area contributed by atoms with Crippen LogP contribution in [0, 0.1) is 0 Å². The van der Waals surface area contributed by atoms with Crippen molar-refractivity contribution >= 4 is 137 Å². The van der Waals surface area contributed by atoms with E-state index in [4.69, 9.17) is 9.97 Å². The van der Waals surface area contributed by atoms with Crippen LogP contribution >= 0.6 is 63.7 Å². The summed E-state index contributed by atoms with van der Waals surface area (Å²) in [6, 6.07) is 21.8. The van der Waals surface area contributed by atoms with Gasteiger partial charge in [0.25, 0.3) is 0 Å². The van der Waals surface area contributed by atoms with Gasteiger partial charge < -0.3 is 9.97 Å². The Labute approximate surface area is 316 Å². The van der Waals surface area contributed by atoms with Gasteiger partial charge in [-0.05, 0) is 85.0 Å². The van der Waals surface area contributed by atoms with Crippen LogP contribution in [-0.4, -0.2) is 36.1 Å². The lowest BCUT2D eigenvalue weighted by molar-refractivity contribution is 1.31. The summed E-state index contributed by atoms with van der Waals surface area (Å²) < 4.78 is 4.17. The summed E-state index contributed by atoms with van der Waals surface area (Å²) in [4.78, 5) is 17.7. The van der Waals surface area contributed by atoms with Gasteiger partial charge in [0.1, 0.15) is 0 Å². The van der Waals surface area contributed by atoms with Gasteiger partial charge >= 0.3 is 0 Å². The lowest BCUT2D eigenvalue weighted by Gasteiger charge is -2.20. The third-order valence-corrected chi connectivity index (χ3v) is 15.3. The molecule has 2 aliphatic rings. The molecule has 242 valence electrons. The number of benzene rings is 2. The third-order valence-electron chi connectivity index (χ3n) is 8.71. The Morgan fingerprint density at radius 3 is 1.15 bits per heavy atom. The Morgan fingerprint density at radius 1 is 0.458 bits per heavy atom. The largest absolute Gasteiger partial charge is 0.355 e. The minimum atomic E-state index is -1.54. The van der Waals surface area contributed by atoms with Gasteiger partial charge in [0.05, 0.1) is 38.9 Å². The highest BCUT2D eigenvalue weighted by atomic mass is 79.9. The molecule has 7 rings (SSSR count). The number of aromatic amines is 2. The zero-order valence-corrected chi connectivity index (χ0v) is 35.8. The molecule has 0 fully saturated rings. The van der Waals surface area contributed by atoms with E-state index in [2.05, 4.69) is 198 Å². The van der Waals surface area contributed by atoms with Crippen LogP contribution in [0.2, 0.25) is 39.3 Å². The standard InChI is InChI=1S/C38H34Br4N4Si2/c1-47(2,3)25-17-27(39)35(28(40)18-25)37-31-11-7-21(43-31)15-23-9-13-33(45-23)38(36-29(41)19-26(20-30(36)42)48(4,5)6)34-14-10-24(46-34)16-22-8-12-32(37)44-22/h7-20,43,46H,1-6H3. The maximum Gasteiger partial charge on any atom is 0.0776 e. The molecule has 0 radical (unpaired) electrons. The molecule has 0 saturated heterocycles.